The van der Waals surface area contributed by atoms with Gasteiger partial charge in [0.15, 0.2) is 0 Å². The topological polar surface area (TPSA) is 46.6 Å². The molecule has 0 unspecified atom stereocenters. The fourth-order valence-corrected chi connectivity index (χ4v) is 2.06. The van der Waals surface area contributed by atoms with E-state index in [4.69, 9.17) is 11.6 Å². The van der Waals surface area contributed by atoms with Gasteiger partial charge in [-0.1, -0.05) is 0 Å². The van der Waals surface area contributed by atoms with Gasteiger partial charge in [0, 0.05) is 19.4 Å². The van der Waals surface area contributed by atoms with Gasteiger partial charge in [0.25, 0.3) is 0 Å². The Morgan fingerprint density at radius 2 is 2.00 bits per heavy atom. The van der Waals surface area contributed by atoms with Crippen molar-refractivity contribution >= 4 is 22.8 Å². The van der Waals surface area contributed by atoms with Crippen molar-refractivity contribution in [1.82, 2.24) is 4.90 Å². The predicted octanol–water partition coefficient (Wildman–Crippen LogP) is 1.42. The number of ether oxygens (including phenoxy) is 1. The number of carbonyl (C=O) groups excluding carboxylic acids is 2. The summed E-state index contributed by atoms with van der Waals surface area (Å²) < 4.78 is 4.64. The predicted molar refractivity (Wildman–Crippen MR) is 61.3 cm³/mol. The Kier molecular flexibility index (Phi) is 5.77. The van der Waals surface area contributed by atoms with Crippen LogP contribution in [0, 0.1) is 5.92 Å². The first-order valence-electron chi connectivity index (χ1n) is 5.59. The summed E-state index contributed by atoms with van der Waals surface area (Å²) >= 11 is 5.29. The average molecular weight is 248 g/mol. The molecule has 16 heavy (non-hydrogen) atoms. The van der Waals surface area contributed by atoms with Gasteiger partial charge >= 0.3 is 5.97 Å². The minimum Gasteiger partial charge on any atom is -0.469 e. The Balaban J connectivity index is 2.18. The van der Waals surface area contributed by atoms with Crippen LogP contribution in [0.4, 0.5) is 0 Å². The number of hydrogen-bond donors (Lipinski definition) is 0. The lowest BCUT2D eigenvalue weighted by Crippen LogP contribution is -2.35. The van der Waals surface area contributed by atoms with Crippen LogP contribution in [0.2, 0.25) is 0 Å². The normalized spacial score (nSPS) is 18.4. The van der Waals surface area contributed by atoms with Crippen LogP contribution in [-0.4, -0.2) is 42.9 Å². The highest BCUT2D eigenvalue weighted by atomic mass is 35.5. The maximum atomic E-state index is 11.1. The second-order valence-electron chi connectivity index (χ2n) is 4.17. The molecule has 1 saturated heterocycles. The Hall–Kier alpha value is -0.610. The lowest BCUT2D eigenvalue weighted by Gasteiger charge is -2.31. The highest BCUT2D eigenvalue weighted by Gasteiger charge is 2.21. The number of piperidine rings is 1. The average Bonchev–Trinajstić information content (AvgIpc) is 2.28. The van der Waals surface area contributed by atoms with Crippen LogP contribution < -0.4 is 0 Å². The van der Waals surface area contributed by atoms with Crippen molar-refractivity contribution in [3.05, 3.63) is 0 Å². The molecule has 1 aliphatic rings. The van der Waals surface area contributed by atoms with Gasteiger partial charge in [-0.05, 0) is 43.5 Å². The largest absolute Gasteiger partial charge is 0.469 e. The van der Waals surface area contributed by atoms with Crippen LogP contribution in [-0.2, 0) is 14.3 Å². The first-order chi connectivity index (χ1) is 7.61. The summed E-state index contributed by atoms with van der Waals surface area (Å²) in [5, 5.41) is -0.281. The molecule has 0 spiro atoms. The summed E-state index contributed by atoms with van der Waals surface area (Å²) in [6, 6.07) is 0. The molecular weight excluding hydrogens is 230 g/mol. The molecule has 1 aliphatic heterocycles. The molecule has 0 N–H and O–H groups in total. The monoisotopic (exact) mass is 247 g/mol. The van der Waals surface area contributed by atoms with Gasteiger partial charge < -0.3 is 9.64 Å². The van der Waals surface area contributed by atoms with Crippen molar-refractivity contribution in [2.75, 3.05) is 26.7 Å². The molecule has 1 rings (SSSR count). The molecule has 1 fully saturated rings. The van der Waals surface area contributed by atoms with E-state index >= 15 is 0 Å². The standard InChI is InChI=1S/C11H18ClNO3/c1-16-11(15)8-9-2-5-13(6-3-9)7-4-10(12)14/h9H,2-8H2,1H3. The van der Waals surface area contributed by atoms with Gasteiger partial charge in [-0.25, -0.2) is 0 Å². The van der Waals surface area contributed by atoms with E-state index in [1.165, 1.54) is 7.11 Å². The smallest absolute Gasteiger partial charge is 0.305 e. The number of esters is 1. The molecule has 0 saturated carbocycles. The fraction of sp³-hybridized carbons (Fsp3) is 0.818. The molecule has 0 radical (unpaired) electrons. The van der Waals surface area contributed by atoms with Gasteiger partial charge in [0.2, 0.25) is 5.24 Å². The molecule has 0 aliphatic carbocycles. The molecule has 5 heteroatoms. The summed E-state index contributed by atoms with van der Waals surface area (Å²) in [7, 11) is 1.42. The third-order valence-electron chi connectivity index (χ3n) is 3.01. The van der Waals surface area contributed by atoms with Gasteiger partial charge in [0.05, 0.1) is 7.11 Å². The van der Waals surface area contributed by atoms with Crippen molar-refractivity contribution in [3.63, 3.8) is 0 Å². The van der Waals surface area contributed by atoms with E-state index in [1.807, 2.05) is 0 Å². The fourth-order valence-electron chi connectivity index (χ4n) is 1.98. The summed E-state index contributed by atoms with van der Waals surface area (Å²) in [4.78, 5) is 23.9. The van der Waals surface area contributed by atoms with E-state index in [-0.39, 0.29) is 11.2 Å². The zero-order valence-electron chi connectivity index (χ0n) is 9.58. The van der Waals surface area contributed by atoms with Gasteiger partial charge in [0.1, 0.15) is 0 Å². The second kappa shape index (κ2) is 6.86. The van der Waals surface area contributed by atoms with Crippen LogP contribution in [0.5, 0.6) is 0 Å². The molecule has 0 aromatic rings. The summed E-state index contributed by atoms with van der Waals surface area (Å²) in [5.41, 5.74) is 0. The number of hydrogen-bond acceptors (Lipinski definition) is 4. The molecular formula is C11H18ClNO3. The van der Waals surface area contributed by atoms with Crippen LogP contribution in [0.15, 0.2) is 0 Å². The first-order valence-corrected chi connectivity index (χ1v) is 5.97. The van der Waals surface area contributed by atoms with Crippen molar-refractivity contribution < 1.29 is 14.3 Å². The Morgan fingerprint density at radius 1 is 1.38 bits per heavy atom. The second-order valence-corrected chi connectivity index (χ2v) is 4.59. The molecule has 92 valence electrons. The van der Waals surface area contributed by atoms with Crippen molar-refractivity contribution in [2.45, 2.75) is 25.7 Å². The third-order valence-corrected chi connectivity index (χ3v) is 3.20. The lowest BCUT2D eigenvalue weighted by atomic mass is 9.93. The van der Waals surface area contributed by atoms with Crippen molar-refractivity contribution in [2.24, 2.45) is 5.92 Å². The van der Waals surface area contributed by atoms with Crippen LogP contribution in [0.25, 0.3) is 0 Å². The molecule has 0 amide bonds. The van der Waals surface area contributed by atoms with Crippen LogP contribution in [0.1, 0.15) is 25.7 Å². The van der Waals surface area contributed by atoms with Gasteiger partial charge in [-0.15, -0.1) is 0 Å². The summed E-state index contributed by atoms with van der Waals surface area (Å²) in [5.74, 6) is 0.296. The molecule has 0 aromatic carbocycles. The highest BCUT2D eigenvalue weighted by molar-refractivity contribution is 6.63. The molecule has 0 bridgehead atoms. The summed E-state index contributed by atoms with van der Waals surface area (Å²) in [6.45, 7) is 2.60. The Morgan fingerprint density at radius 3 is 2.50 bits per heavy atom. The van der Waals surface area contributed by atoms with Crippen LogP contribution in [0.3, 0.4) is 0 Å². The number of likely N-dealkylation sites (tertiary alicyclic amines) is 1. The van der Waals surface area contributed by atoms with E-state index in [9.17, 15) is 9.59 Å². The maximum Gasteiger partial charge on any atom is 0.305 e. The first kappa shape index (κ1) is 13.5. The molecule has 1 heterocycles. The zero-order chi connectivity index (χ0) is 12.0. The maximum absolute atomic E-state index is 11.1. The van der Waals surface area contributed by atoms with E-state index in [0.717, 1.165) is 32.5 Å². The van der Waals surface area contributed by atoms with Crippen molar-refractivity contribution in [3.8, 4) is 0 Å². The van der Waals surface area contributed by atoms with Crippen LogP contribution >= 0.6 is 11.6 Å². The Labute approximate surface area is 101 Å². The van der Waals surface area contributed by atoms with E-state index < -0.39 is 0 Å². The quantitative estimate of drug-likeness (QED) is 0.545. The molecule has 0 atom stereocenters. The highest BCUT2D eigenvalue weighted by Crippen LogP contribution is 2.20. The number of nitrogens with zero attached hydrogens (tertiary/aromatic N) is 1. The third kappa shape index (κ3) is 4.94. The number of rotatable bonds is 5. The molecule has 4 nitrogen and oxygen atoms in total. The van der Waals surface area contributed by atoms with E-state index in [0.29, 0.717) is 18.8 Å². The van der Waals surface area contributed by atoms with Gasteiger partial charge in [-0.2, -0.15) is 0 Å². The lowest BCUT2D eigenvalue weighted by molar-refractivity contribution is -0.142. The van der Waals surface area contributed by atoms with E-state index in [1.54, 1.807) is 0 Å². The van der Waals surface area contributed by atoms with E-state index in [2.05, 4.69) is 9.64 Å². The Bertz CT molecular complexity index is 250. The molecule has 0 aromatic heterocycles. The zero-order valence-corrected chi connectivity index (χ0v) is 10.3. The summed E-state index contributed by atoms with van der Waals surface area (Å²) in [6.07, 6.45) is 2.90. The van der Waals surface area contributed by atoms with Gasteiger partial charge in [-0.3, -0.25) is 9.59 Å². The minimum absolute atomic E-state index is 0.130. The minimum atomic E-state index is -0.281. The number of carbonyl (C=O) groups is 2. The van der Waals surface area contributed by atoms with Crippen molar-refractivity contribution in [1.29, 1.82) is 0 Å². The SMILES string of the molecule is COC(=O)CC1CCN(CCC(=O)Cl)CC1. The number of methoxy groups -OCH3 is 1. The number of halogens is 1.